The number of allylic oxidation sites excluding steroid dienone is 3. The normalized spacial score (nSPS) is 24.6. The van der Waals surface area contributed by atoms with Gasteiger partial charge in [-0.1, -0.05) is 24.6 Å². The minimum Gasteiger partial charge on any atom is -0.344 e. The van der Waals surface area contributed by atoms with Crippen molar-refractivity contribution in [2.45, 2.75) is 51.7 Å². The number of rotatable bonds is 5. The third-order valence-corrected chi connectivity index (χ3v) is 4.52. The fraction of sp³-hybridized carbons (Fsp3) is 0.750. The van der Waals surface area contributed by atoms with Crippen molar-refractivity contribution in [3.8, 4) is 0 Å². The van der Waals surface area contributed by atoms with E-state index in [0.717, 1.165) is 38.9 Å². The van der Waals surface area contributed by atoms with E-state index in [1.54, 1.807) is 0 Å². The van der Waals surface area contributed by atoms with Crippen molar-refractivity contribution >= 4 is 11.6 Å². The van der Waals surface area contributed by atoms with Gasteiger partial charge in [0.05, 0.1) is 13.2 Å². The summed E-state index contributed by atoms with van der Waals surface area (Å²) in [5.74, 6) is 0.803. The monoisotopic (exact) mass is 284 g/mol. The fourth-order valence-corrected chi connectivity index (χ4v) is 3.17. The molecule has 1 aliphatic heterocycles. The smallest absolute Gasteiger partial charge is 0.190 e. The summed E-state index contributed by atoms with van der Waals surface area (Å²) in [6.45, 7) is 5.90. The van der Waals surface area contributed by atoms with Crippen LogP contribution in [0.4, 0.5) is 0 Å². The molecule has 2 aliphatic rings. The molecule has 1 unspecified atom stereocenters. The third kappa shape index (κ3) is 3.62. The summed E-state index contributed by atoms with van der Waals surface area (Å²) >= 11 is 5.76. The van der Waals surface area contributed by atoms with Crippen LogP contribution in [0, 0.1) is 5.92 Å². The molecule has 0 saturated carbocycles. The standard InChI is InChI=1S/C16H25ClO2/c1-13(14(2)8-10-17)6-7-15-5-3-4-9-16(15)18-11-12-19-16/h5,8,13H,3-4,6-7,9-12H2,1-2H3/b14-8+. The van der Waals surface area contributed by atoms with Gasteiger partial charge >= 0.3 is 0 Å². The average Bonchev–Trinajstić information content (AvgIpc) is 2.87. The van der Waals surface area contributed by atoms with Crippen LogP contribution in [0.15, 0.2) is 23.3 Å². The zero-order chi connectivity index (χ0) is 13.7. The first-order valence-electron chi connectivity index (χ1n) is 7.38. The van der Waals surface area contributed by atoms with Crippen LogP contribution in [0.25, 0.3) is 0 Å². The number of hydrogen-bond acceptors (Lipinski definition) is 2. The van der Waals surface area contributed by atoms with E-state index >= 15 is 0 Å². The molecule has 1 saturated heterocycles. The van der Waals surface area contributed by atoms with Crippen LogP contribution in [-0.2, 0) is 9.47 Å². The summed E-state index contributed by atoms with van der Waals surface area (Å²) in [4.78, 5) is 0. The summed E-state index contributed by atoms with van der Waals surface area (Å²) in [6.07, 6.45) is 10.00. The number of halogens is 1. The Kier molecular flexibility index (Phi) is 5.49. The van der Waals surface area contributed by atoms with Crippen molar-refractivity contribution in [3.05, 3.63) is 23.3 Å². The number of ether oxygens (including phenoxy) is 2. The van der Waals surface area contributed by atoms with Gasteiger partial charge in [-0.2, -0.15) is 0 Å². The van der Waals surface area contributed by atoms with Gasteiger partial charge in [0.15, 0.2) is 5.79 Å². The first kappa shape index (κ1) is 15.1. The Labute approximate surface area is 121 Å². The molecule has 0 bridgehead atoms. The van der Waals surface area contributed by atoms with Crippen LogP contribution in [0.5, 0.6) is 0 Å². The Hall–Kier alpha value is -0.310. The SMILES string of the molecule is C/C(=C\CCl)C(C)CCC1=CCCCC12OCCO2. The van der Waals surface area contributed by atoms with Crippen LogP contribution in [0.2, 0.25) is 0 Å². The van der Waals surface area contributed by atoms with Gasteiger partial charge in [0.1, 0.15) is 0 Å². The molecule has 3 heteroatoms. The molecule has 108 valence electrons. The largest absolute Gasteiger partial charge is 0.344 e. The van der Waals surface area contributed by atoms with Gasteiger partial charge in [-0.05, 0) is 44.1 Å². The summed E-state index contributed by atoms with van der Waals surface area (Å²) in [6, 6.07) is 0. The predicted octanol–water partition coefficient (Wildman–Crippen LogP) is 4.44. The molecule has 1 spiro atoms. The van der Waals surface area contributed by atoms with E-state index in [9.17, 15) is 0 Å². The zero-order valence-electron chi connectivity index (χ0n) is 12.1. The summed E-state index contributed by atoms with van der Waals surface area (Å²) < 4.78 is 11.8. The molecule has 1 heterocycles. The highest BCUT2D eigenvalue weighted by Crippen LogP contribution is 2.39. The second kappa shape index (κ2) is 6.92. The quantitative estimate of drug-likeness (QED) is 0.549. The van der Waals surface area contributed by atoms with Gasteiger partial charge in [0.25, 0.3) is 0 Å². The molecular weight excluding hydrogens is 260 g/mol. The Morgan fingerprint density at radius 3 is 2.89 bits per heavy atom. The van der Waals surface area contributed by atoms with Crippen molar-refractivity contribution in [3.63, 3.8) is 0 Å². The van der Waals surface area contributed by atoms with E-state index in [4.69, 9.17) is 21.1 Å². The number of alkyl halides is 1. The van der Waals surface area contributed by atoms with Crippen molar-refractivity contribution < 1.29 is 9.47 Å². The molecule has 1 fully saturated rings. The Morgan fingerprint density at radius 2 is 2.21 bits per heavy atom. The van der Waals surface area contributed by atoms with Crippen molar-refractivity contribution in [2.24, 2.45) is 5.92 Å². The lowest BCUT2D eigenvalue weighted by molar-refractivity contribution is -0.136. The molecule has 0 aromatic carbocycles. The highest BCUT2D eigenvalue weighted by atomic mass is 35.5. The molecule has 0 aromatic rings. The Bertz CT molecular complexity index is 354. The molecule has 1 atom stereocenters. The van der Waals surface area contributed by atoms with Crippen molar-refractivity contribution in [1.82, 2.24) is 0 Å². The van der Waals surface area contributed by atoms with Crippen LogP contribution < -0.4 is 0 Å². The van der Waals surface area contributed by atoms with Gasteiger partial charge in [-0.15, -0.1) is 11.6 Å². The fourth-order valence-electron chi connectivity index (χ4n) is 2.93. The molecule has 1 aliphatic carbocycles. The molecule has 2 nitrogen and oxygen atoms in total. The summed E-state index contributed by atoms with van der Waals surface area (Å²) in [5.41, 5.74) is 2.75. The first-order valence-corrected chi connectivity index (χ1v) is 7.91. The van der Waals surface area contributed by atoms with Crippen LogP contribution in [0.3, 0.4) is 0 Å². The maximum atomic E-state index is 5.91. The number of hydrogen-bond donors (Lipinski definition) is 0. The highest BCUT2D eigenvalue weighted by molar-refractivity contribution is 6.18. The topological polar surface area (TPSA) is 18.5 Å². The molecule has 0 amide bonds. The van der Waals surface area contributed by atoms with Crippen LogP contribution in [-0.4, -0.2) is 24.9 Å². The lowest BCUT2D eigenvalue weighted by atomic mass is 9.86. The maximum Gasteiger partial charge on any atom is 0.190 e. The molecule has 0 aromatic heterocycles. The van der Waals surface area contributed by atoms with E-state index < -0.39 is 0 Å². The van der Waals surface area contributed by atoms with Crippen molar-refractivity contribution in [1.29, 1.82) is 0 Å². The second-order valence-electron chi connectivity index (χ2n) is 5.61. The molecule has 0 radical (unpaired) electrons. The van der Waals surface area contributed by atoms with Gasteiger partial charge in [0.2, 0.25) is 0 Å². The summed E-state index contributed by atoms with van der Waals surface area (Å²) in [7, 11) is 0. The average molecular weight is 285 g/mol. The summed E-state index contributed by atoms with van der Waals surface area (Å²) in [5, 5.41) is 0. The van der Waals surface area contributed by atoms with E-state index in [-0.39, 0.29) is 5.79 Å². The molecule has 2 rings (SSSR count). The lowest BCUT2D eigenvalue weighted by Crippen LogP contribution is -2.34. The van der Waals surface area contributed by atoms with E-state index in [2.05, 4.69) is 26.0 Å². The van der Waals surface area contributed by atoms with E-state index in [1.807, 2.05) is 0 Å². The van der Waals surface area contributed by atoms with Crippen LogP contribution >= 0.6 is 11.6 Å². The Balaban J connectivity index is 1.94. The minimum absolute atomic E-state index is 0.373. The van der Waals surface area contributed by atoms with E-state index in [0.29, 0.717) is 11.8 Å². The first-order chi connectivity index (χ1) is 9.18. The minimum atomic E-state index is -0.373. The highest BCUT2D eigenvalue weighted by Gasteiger charge is 2.40. The van der Waals surface area contributed by atoms with Gasteiger partial charge in [0, 0.05) is 12.3 Å². The van der Waals surface area contributed by atoms with E-state index in [1.165, 1.54) is 17.6 Å². The van der Waals surface area contributed by atoms with Gasteiger partial charge in [-0.25, -0.2) is 0 Å². The maximum absolute atomic E-state index is 5.91. The predicted molar refractivity (Wildman–Crippen MR) is 79.4 cm³/mol. The van der Waals surface area contributed by atoms with Gasteiger partial charge < -0.3 is 9.47 Å². The zero-order valence-corrected chi connectivity index (χ0v) is 12.8. The third-order valence-electron chi connectivity index (χ3n) is 4.37. The molecular formula is C16H25ClO2. The second-order valence-corrected chi connectivity index (χ2v) is 5.92. The van der Waals surface area contributed by atoms with Crippen molar-refractivity contribution in [2.75, 3.05) is 19.1 Å². The van der Waals surface area contributed by atoms with Gasteiger partial charge in [-0.3, -0.25) is 0 Å². The molecule has 0 N–H and O–H groups in total. The Morgan fingerprint density at radius 1 is 1.47 bits per heavy atom. The molecule has 19 heavy (non-hydrogen) atoms. The van der Waals surface area contributed by atoms with Crippen LogP contribution in [0.1, 0.15) is 46.0 Å². The lowest BCUT2D eigenvalue weighted by Gasteiger charge is -2.34.